The Hall–Kier alpha value is -1.99. The molecule has 0 bridgehead atoms. The highest BCUT2D eigenvalue weighted by Crippen LogP contribution is 2.29. The average Bonchev–Trinajstić information content (AvgIpc) is 2.54. The number of hydrogen-bond acceptors (Lipinski definition) is 4. The molecule has 120 valence electrons. The summed E-state index contributed by atoms with van der Waals surface area (Å²) in [5.41, 5.74) is 1.87. The van der Waals surface area contributed by atoms with E-state index in [2.05, 4.69) is 26.2 Å². The number of ether oxygens (including phenoxy) is 2. The SMILES string of the molecule is O=C(NCCc1cc(F)cc2c1OCOC2)c1cncc(Br)c1. The highest BCUT2D eigenvalue weighted by molar-refractivity contribution is 9.10. The minimum atomic E-state index is -0.338. The van der Waals surface area contributed by atoms with Gasteiger partial charge in [-0.3, -0.25) is 9.78 Å². The largest absolute Gasteiger partial charge is 0.467 e. The molecule has 1 aromatic carbocycles. The summed E-state index contributed by atoms with van der Waals surface area (Å²) in [4.78, 5) is 16.0. The fourth-order valence-electron chi connectivity index (χ4n) is 2.39. The van der Waals surface area contributed by atoms with E-state index in [-0.39, 0.29) is 18.5 Å². The fourth-order valence-corrected chi connectivity index (χ4v) is 2.76. The van der Waals surface area contributed by atoms with Gasteiger partial charge in [-0.25, -0.2) is 4.39 Å². The van der Waals surface area contributed by atoms with Crippen molar-refractivity contribution >= 4 is 21.8 Å². The van der Waals surface area contributed by atoms with Crippen LogP contribution >= 0.6 is 15.9 Å². The summed E-state index contributed by atoms with van der Waals surface area (Å²) in [7, 11) is 0. The molecule has 23 heavy (non-hydrogen) atoms. The van der Waals surface area contributed by atoms with Gasteiger partial charge >= 0.3 is 0 Å². The smallest absolute Gasteiger partial charge is 0.252 e. The van der Waals surface area contributed by atoms with Crippen molar-refractivity contribution in [2.24, 2.45) is 0 Å². The van der Waals surface area contributed by atoms with Gasteiger partial charge in [0.2, 0.25) is 0 Å². The number of nitrogens with zero attached hydrogens (tertiary/aromatic N) is 1. The second-order valence-corrected chi connectivity index (χ2v) is 5.98. The van der Waals surface area contributed by atoms with E-state index < -0.39 is 0 Å². The van der Waals surface area contributed by atoms with Gasteiger partial charge in [-0.15, -0.1) is 0 Å². The van der Waals surface area contributed by atoms with Crippen LogP contribution in [0.15, 0.2) is 35.1 Å². The standard InChI is InChI=1S/C16H14BrFN2O3/c17-13-3-11(6-19-7-13)16(21)20-2-1-10-4-14(18)5-12-8-22-9-23-15(10)12/h3-7H,1-2,8-9H2,(H,20,21). The molecule has 1 N–H and O–H groups in total. The first-order valence-electron chi connectivity index (χ1n) is 7.04. The van der Waals surface area contributed by atoms with Crippen LogP contribution in [-0.2, 0) is 17.8 Å². The monoisotopic (exact) mass is 380 g/mol. The molecule has 2 aromatic rings. The average molecular weight is 381 g/mol. The molecule has 1 aliphatic heterocycles. The van der Waals surface area contributed by atoms with Crippen LogP contribution < -0.4 is 10.1 Å². The van der Waals surface area contributed by atoms with Crippen LogP contribution in [0.3, 0.4) is 0 Å². The molecule has 0 saturated carbocycles. The lowest BCUT2D eigenvalue weighted by atomic mass is 10.1. The number of benzene rings is 1. The van der Waals surface area contributed by atoms with Gasteiger partial charge in [0, 0.05) is 29.0 Å². The third kappa shape index (κ3) is 3.86. The first-order valence-corrected chi connectivity index (χ1v) is 7.83. The Morgan fingerprint density at radius 1 is 1.35 bits per heavy atom. The summed E-state index contributed by atoms with van der Waals surface area (Å²) < 4.78 is 25.0. The van der Waals surface area contributed by atoms with Crippen LogP contribution in [0.1, 0.15) is 21.5 Å². The van der Waals surface area contributed by atoms with Crippen molar-refractivity contribution in [3.63, 3.8) is 0 Å². The van der Waals surface area contributed by atoms with Crippen LogP contribution in [0.4, 0.5) is 4.39 Å². The van der Waals surface area contributed by atoms with Crippen LogP contribution in [0.2, 0.25) is 0 Å². The lowest BCUT2D eigenvalue weighted by molar-refractivity contribution is -0.0172. The second kappa shape index (κ2) is 7.06. The van der Waals surface area contributed by atoms with Gasteiger partial charge < -0.3 is 14.8 Å². The van der Waals surface area contributed by atoms with Gasteiger partial charge in [0.05, 0.1) is 12.2 Å². The van der Waals surface area contributed by atoms with E-state index >= 15 is 0 Å². The third-order valence-corrected chi connectivity index (χ3v) is 3.83. The van der Waals surface area contributed by atoms with Crippen LogP contribution in [0, 0.1) is 5.82 Å². The van der Waals surface area contributed by atoms with Crippen molar-refractivity contribution in [2.45, 2.75) is 13.0 Å². The van der Waals surface area contributed by atoms with Crippen molar-refractivity contribution in [2.75, 3.05) is 13.3 Å². The summed E-state index contributed by atoms with van der Waals surface area (Å²) in [6, 6.07) is 4.52. The summed E-state index contributed by atoms with van der Waals surface area (Å²) >= 11 is 3.27. The molecule has 7 heteroatoms. The van der Waals surface area contributed by atoms with Crippen molar-refractivity contribution in [3.8, 4) is 5.75 Å². The molecule has 2 heterocycles. The van der Waals surface area contributed by atoms with E-state index in [9.17, 15) is 9.18 Å². The molecular weight excluding hydrogens is 367 g/mol. The van der Waals surface area contributed by atoms with Gasteiger partial charge in [0.1, 0.15) is 11.6 Å². The number of amides is 1. The highest BCUT2D eigenvalue weighted by atomic mass is 79.9. The van der Waals surface area contributed by atoms with Crippen LogP contribution in [-0.4, -0.2) is 24.2 Å². The number of carbonyl (C=O) groups excluding carboxylic acids is 1. The molecule has 0 spiro atoms. The van der Waals surface area contributed by atoms with E-state index in [1.54, 1.807) is 12.3 Å². The Balaban J connectivity index is 1.65. The van der Waals surface area contributed by atoms with E-state index in [1.807, 2.05) is 0 Å². The molecule has 5 nitrogen and oxygen atoms in total. The van der Waals surface area contributed by atoms with Crippen molar-refractivity contribution < 1.29 is 18.7 Å². The number of hydrogen-bond donors (Lipinski definition) is 1. The topological polar surface area (TPSA) is 60.5 Å². The van der Waals surface area contributed by atoms with Crippen molar-refractivity contribution in [1.29, 1.82) is 0 Å². The quantitative estimate of drug-likeness (QED) is 0.885. The fraction of sp³-hybridized carbons (Fsp3) is 0.250. The van der Waals surface area contributed by atoms with E-state index in [0.717, 1.165) is 10.0 Å². The van der Waals surface area contributed by atoms with Crippen molar-refractivity contribution in [1.82, 2.24) is 10.3 Å². The lowest BCUT2D eigenvalue weighted by Gasteiger charge is -2.21. The van der Waals surface area contributed by atoms with Gasteiger partial charge in [-0.05, 0) is 46.1 Å². The maximum atomic E-state index is 13.6. The predicted octanol–water partition coefficient (Wildman–Crippen LogP) is 2.82. The minimum Gasteiger partial charge on any atom is -0.467 e. The van der Waals surface area contributed by atoms with Gasteiger partial charge in [-0.2, -0.15) is 0 Å². The molecule has 3 rings (SSSR count). The number of carbonyl (C=O) groups is 1. The van der Waals surface area contributed by atoms with Gasteiger partial charge in [-0.1, -0.05) is 0 Å². The first-order chi connectivity index (χ1) is 11.1. The summed E-state index contributed by atoms with van der Waals surface area (Å²) in [6.07, 6.45) is 3.56. The summed E-state index contributed by atoms with van der Waals surface area (Å²) in [6.45, 7) is 0.851. The predicted molar refractivity (Wildman–Crippen MR) is 84.7 cm³/mol. The molecule has 0 radical (unpaired) electrons. The summed E-state index contributed by atoms with van der Waals surface area (Å²) in [5, 5.41) is 2.79. The van der Waals surface area contributed by atoms with E-state index in [1.165, 1.54) is 18.3 Å². The van der Waals surface area contributed by atoms with E-state index in [4.69, 9.17) is 9.47 Å². The van der Waals surface area contributed by atoms with E-state index in [0.29, 0.717) is 36.4 Å². The number of pyridine rings is 1. The number of aromatic nitrogens is 1. The molecule has 0 unspecified atom stereocenters. The third-order valence-electron chi connectivity index (χ3n) is 3.40. The Labute approximate surface area is 140 Å². The first kappa shape index (κ1) is 15.9. The number of fused-ring (bicyclic) bond motifs is 1. The Morgan fingerprint density at radius 3 is 3.04 bits per heavy atom. The molecule has 0 saturated heterocycles. The number of rotatable bonds is 4. The Bertz CT molecular complexity index is 739. The summed E-state index contributed by atoms with van der Waals surface area (Å²) in [5.74, 6) is 0.0831. The molecule has 0 fully saturated rings. The van der Waals surface area contributed by atoms with Crippen LogP contribution in [0.25, 0.3) is 0 Å². The second-order valence-electron chi connectivity index (χ2n) is 5.06. The van der Waals surface area contributed by atoms with Gasteiger partial charge in [0.15, 0.2) is 6.79 Å². The molecule has 1 aliphatic rings. The maximum absolute atomic E-state index is 13.6. The zero-order valence-corrected chi connectivity index (χ0v) is 13.7. The van der Waals surface area contributed by atoms with Crippen LogP contribution in [0.5, 0.6) is 5.75 Å². The Morgan fingerprint density at radius 2 is 2.22 bits per heavy atom. The molecule has 0 aliphatic carbocycles. The molecule has 1 aromatic heterocycles. The zero-order chi connectivity index (χ0) is 16.2. The molecular formula is C16H14BrFN2O3. The highest BCUT2D eigenvalue weighted by Gasteiger charge is 2.17. The molecule has 0 atom stereocenters. The maximum Gasteiger partial charge on any atom is 0.252 e. The van der Waals surface area contributed by atoms with Gasteiger partial charge in [0.25, 0.3) is 5.91 Å². The zero-order valence-electron chi connectivity index (χ0n) is 12.1. The van der Waals surface area contributed by atoms with Crippen molar-refractivity contribution in [3.05, 3.63) is 57.6 Å². The minimum absolute atomic E-state index is 0.154. The normalized spacial score (nSPS) is 13.1. The number of halogens is 2. The Kier molecular flexibility index (Phi) is 4.88. The lowest BCUT2D eigenvalue weighted by Crippen LogP contribution is -2.26. The number of nitrogens with one attached hydrogen (secondary N) is 1. The molecule has 1 amide bonds.